The van der Waals surface area contributed by atoms with Crippen molar-refractivity contribution in [1.82, 2.24) is 24.2 Å². The second-order valence-corrected chi connectivity index (χ2v) is 7.43. The van der Waals surface area contributed by atoms with Crippen molar-refractivity contribution < 1.29 is 4.39 Å². The largest absolute Gasteiger partial charge is 0.301 e. The van der Waals surface area contributed by atoms with E-state index in [1.807, 2.05) is 10.9 Å². The number of nitrogens with zero attached hydrogens (tertiary/aromatic N) is 5. The van der Waals surface area contributed by atoms with Gasteiger partial charge in [0.05, 0.1) is 30.0 Å². The average molecular weight is 369 g/mol. The van der Waals surface area contributed by atoms with E-state index in [4.69, 9.17) is 0 Å². The van der Waals surface area contributed by atoms with Crippen LogP contribution in [0, 0.1) is 18.7 Å². The first-order chi connectivity index (χ1) is 13.1. The zero-order valence-electron chi connectivity index (χ0n) is 15.5. The van der Waals surface area contributed by atoms with Gasteiger partial charge in [-0.2, -0.15) is 5.10 Å². The van der Waals surface area contributed by atoms with Crippen molar-refractivity contribution in [2.45, 2.75) is 32.9 Å². The van der Waals surface area contributed by atoms with Gasteiger partial charge in [-0.3, -0.25) is 14.0 Å². The Bertz CT molecular complexity index is 987. The van der Waals surface area contributed by atoms with Crippen molar-refractivity contribution in [3.05, 3.63) is 58.7 Å². The van der Waals surface area contributed by atoms with Gasteiger partial charge in [-0.1, -0.05) is 0 Å². The summed E-state index contributed by atoms with van der Waals surface area (Å²) in [5.74, 6) is 0.0930. The second-order valence-electron chi connectivity index (χ2n) is 7.43. The highest BCUT2D eigenvalue weighted by Crippen LogP contribution is 2.19. The Labute approximate surface area is 157 Å². The lowest BCUT2D eigenvalue weighted by Gasteiger charge is -2.32. The van der Waals surface area contributed by atoms with Crippen LogP contribution in [0.5, 0.6) is 0 Å². The molecule has 4 rings (SSSR count). The highest BCUT2D eigenvalue weighted by molar-refractivity contribution is 5.77. The average Bonchev–Trinajstić information content (AvgIpc) is 3.09. The lowest BCUT2D eigenvalue weighted by Crippen LogP contribution is -2.38. The summed E-state index contributed by atoms with van der Waals surface area (Å²) >= 11 is 0. The van der Waals surface area contributed by atoms with Crippen molar-refractivity contribution in [3.63, 3.8) is 0 Å². The van der Waals surface area contributed by atoms with Crippen molar-refractivity contribution in [2.24, 2.45) is 5.92 Å². The molecule has 1 aliphatic heterocycles. The zero-order chi connectivity index (χ0) is 18.8. The van der Waals surface area contributed by atoms with E-state index in [9.17, 15) is 9.18 Å². The van der Waals surface area contributed by atoms with Gasteiger partial charge in [-0.05, 0) is 56.5 Å². The monoisotopic (exact) mass is 369 g/mol. The number of benzene rings is 1. The van der Waals surface area contributed by atoms with Gasteiger partial charge in [-0.25, -0.2) is 9.37 Å². The molecule has 0 radical (unpaired) electrons. The number of piperidine rings is 1. The van der Waals surface area contributed by atoms with Crippen molar-refractivity contribution in [2.75, 3.05) is 19.6 Å². The third-order valence-corrected chi connectivity index (χ3v) is 5.36. The minimum atomic E-state index is -0.371. The van der Waals surface area contributed by atoms with E-state index in [1.165, 1.54) is 23.8 Å². The Hall–Kier alpha value is -2.54. The standard InChI is InChI=1S/C20H24FN5O/c1-15-11-23-26(12-15)9-8-24-6-4-16(5-7-24)13-25-14-22-19-10-17(21)2-3-18(19)20(25)27/h2-3,10-12,14,16H,4-9,13H2,1H3. The number of rotatable bonds is 5. The predicted octanol–water partition coefficient (Wildman–Crippen LogP) is 2.45. The summed E-state index contributed by atoms with van der Waals surface area (Å²) in [7, 11) is 0. The topological polar surface area (TPSA) is 56.0 Å². The molecule has 142 valence electrons. The lowest BCUT2D eigenvalue weighted by atomic mass is 9.96. The highest BCUT2D eigenvalue weighted by Gasteiger charge is 2.20. The summed E-state index contributed by atoms with van der Waals surface area (Å²) in [6, 6.07) is 4.14. The maximum Gasteiger partial charge on any atom is 0.261 e. The highest BCUT2D eigenvalue weighted by atomic mass is 19.1. The van der Waals surface area contributed by atoms with Crippen molar-refractivity contribution in [3.8, 4) is 0 Å². The molecule has 1 saturated heterocycles. The first-order valence-corrected chi connectivity index (χ1v) is 9.44. The van der Waals surface area contributed by atoms with E-state index in [2.05, 4.69) is 28.1 Å². The van der Waals surface area contributed by atoms with E-state index in [1.54, 1.807) is 10.9 Å². The predicted molar refractivity (Wildman–Crippen MR) is 102 cm³/mol. The molecule has 0 bridgehead atoms. The third kappa shape index (κ3) is 4.08. The molecule has 3 aromatic rings. The van der Waals surface area contributed by atoms with Crippen LogP contribution in [-0.4, -0.2) is 43.9 Å². The molecule has 0 unspecified atom stereocenters. The second kappa shape index (κ2) is 7.60. The summed E-state index contributed by atoms with van der Waals surface area (Å²) in [5.41, 5.74) is 1.52. The molecule has 0 atom stereocenters. The van der Waals surface area contributed by atoms with Crippen molar-refractivity contribution in [1.29, 1.82) is 0 Å². The first-order valence-electron chi connectivity index (χ1n) is 9.44. The molecular formula is C20H24FN5O. The fourth-order valence-corrected chi connectivity index (χ4v) is 3.77. The number of fused-ring (bicyclic) bond motifs is 1. The molecule has 6 nitrogen and oxygen atoms in total. The minimum Gasteiger partial charge on any atom is -0.301 e. The van der Waals surface area contributed by atoms with Crippen LogP contribution in [0.4, 0.5) is 4.39 Å². The number of hydrogen-bond donors (Lipinski definition) is 0. The van der Waals surface area contributed by atoms with Gasteiger partial charge in [-0.15, -0.1) is 0 Å². The van der Waals surface area contributed by atoms with Crippen LogP contribution < -0.4 is 5.56 Å². The number of aryl methyl sites for hydroxylation is 1. The fraction of sp³-hybridized carbons (Fsp3) is 0.450. The summed E-state index contributed by atoms with van der Waals surface area (Å²) in [6.07, 6.45) is 7.63. The minimum absolute atomic E-state index is 0.0866. The van der Waals surface area contributed by atoms with E-state index in [0.29, 0.717) is 23.4 Å². The van der Waals surface area contributed by atoms with Crippen molar-refractivity contribution >= 4 is 10.9 Å². The molecule has 27 heavy (non-hydrogen) atoms. The molecule has 7 heteroatoms. The van der Waals surface area contributed by atoms with Crippen LogP contribution in [0.2, 0.25) is 0 Å². The molecule has 1 aromatic carbocycles. The van der Waals surface area contributed by atoms with Crippen LogP contribution in [0.3, 0.4) is 0 Å². The Balaban J connectivity index is 1.34. The molecule has 0 amide bonds. The zero-order valence-corrected chi connectivity index (χ0v) is 15.5. The van der Waals surface area contributed by atoms with Gasteiger partial charge in [0.2, 0.25) is 0 Å². The molecule has 3 heterocycles. The first kappa shape index (κ1) is 17.9. The van der Waals surface area contributed by atoms with Crippen LogP contribution in [0.25, 0.3) is 10.9 Å². The van der Waals surface area contributed by atoms with Crippen LogP contribution in [0.1, 0.15) is 18.4 Å². The molecule has 1 fully saturated rings. The molecule has 2 aromatic heterocycles. The SMILES string of the molecule is Cc1cnn(CCN2CCC(Cn3cnc4cc(F)ccc4c3=O)CC2)c1. The van der Waals surface area contributed by atoms with E-state index < -0.39 is 0 Å². The number of likely N-dealkylation sites (tertiary alicyclic amines) is 1. The Morgan fingerprint density at radius 3 is 2.78 bits per heavy atom. The maximum absolute atomic E-state index is 13.3. The Morgan fingerprint density at radius 1 is 1.22 bits per heavy atom. The summed E-state index contributed by atoms with van der Waals surface area (Å²) in [4.78, 5) is 19.3. The van der Waals surface area contributed by atoms with Crippen LogP contribution >= 0.6 is 0 Å². The third-order valence-electron chi connectivity index (χ3n) is 5.36. The van der Waals surface area contributed by atoms with Gasteiger partial charge < -0.3 is 4.90 Å². The molecule has 0 N–H and O–H groups in total. The molecule has 0 saturated carbocycles. The fourth-order valence-electron chi connectivity index (χ4n) is 3.77. The number of hydrogen-bond acceptors (Lipinski definition) is 4. The quantitative estimate of drug-likeness (QED) is 0.693. The summed E-state index contributed by atoms with van der Waals surface area (Å²) in [6.45, 7) is 6.69. The maximum atomic E-state index is 13.3. The Morgan fingerprint density at radius 2 is 2.04 bits per heavy atom. The van der Waals surface area contributed by atoms with Gasteiger partial charge >= 0.3 is 0 Å². The lowest BCUT2D eigenvalue weighted by molar-refractivity contribution is 0.166. The van der Waals surface area contributed by atoms with E-state index in [-0.39, 0.29) is 11.4 Å². The molecule has 0 spiro atoms. The molecular weight excluding hydrogens is 345 g/mol. The number of aromatic nitrogens is 4. The summed E-state index contributed by atoms with van der Waals surface area (Å²) in [5, 5.41) is 4.81. The van der Waals surface area contributed by atoms with E-state index >= 15 is 0 Å². The molecule has 1 aliphatic rings. The van der Waals surface area contributed by atoms with Gasteiger partial charge in [0.1, 0.15) is 5.82 Å². The number of halogens is 1. The molecule has 0 aliphatic carbocycles. The van der Waals surface area contributed by atoms with Gasteiger partial charge in [0, 0.05) is 25.4 Å². The smallest absolute Gasteiger partial charge is 0.261 e. The van der Waals surface area contributed by atoms with E-state index in [0.717, 1.165) is 39.0 Å². The van der Waals surface area contributed by atoms with Gasteiger partial charge in [0.25, 0.3) is 5.56 Å². The van der Waals surface area contributed by atoms with Crippen LogP contribution in [-0.2, 0) is 13.1 Å². The van der Waals surface area contributed by atoms with Gasteiger partial charge in [0.15, 0.2) is 0 Å². The summed E-state index contributed by atoms with van der Waals surface area (Å²) < 4.78 is 17.0. The van der Waals surface area contributed by atoms with Crippen LogP contribution in [0.15, 0.2) is 41.7 Å². The Kier molecular flexibility index (Phi) is 5.03. The normalized spacial score (nSPS) is 16.2.